The first-order chi connectivity index (χ1) is 7.09. The Morgan fingerprint density at radius 2 is 1.80 bits per heavy atom. The van der Waals surface area contributed by atoms with E-state index in [1.807, 2.05) is 19.1 Å². The van der Waals surface area contributed by atoms with Gasteiger partial charge >= 0.3 is 0 Å². The number of carbonyl (C=O) groups is 2. The van der Waals surface area contributed by atoms with Crippen LogP contribution in [0.4, 0.5) is 10.5 Å². The van der Waals surface area contributed by atoms with Crippen molar-refractivity contribution in [2.75, 3.05) is 4.90 Å². The molecule has 2 amide bonds. The molecule has 3 nitrogen and oxygen atoms in total. The van der Waals surface area contributed by atoms with Gasteiger partial charge in [0.05, 0.1) is 10.9 Å². The molecule has 15 heavy (non-hydrogen) atoms. The third-order valence-electron chi connectivity index (χ3n) is 2.32. The molecule has 0 saturated carbocycles. The second kappa shape index (κ2) is 3.70. The van der Waals surface area contributed by atoms with E-state index in [1.54, 1.807) is 19.1 Å². The van der Waals surface area contributed by atoms with E-state index in [4.69, 9.17) is 0 Å². The lowest BCUT2D eigenvalue weighted by Crippen LogP contribution is -2.30. The van der Waals surface area contributed by atoms with Gasteiger partial charge in [0.25, 0.3) is 5.24 Å². The third kappa shape index (κ3) is 1.77. The number of anilines is 1. The van der Waals surface area contributed by atoms with Crippen LogP contribution in [-0.2, 0) is 4.79 Å². The highest BCUT2D eigenvalue weighted by Crippen LogP contribution is 2.31. The standard InChI is InChI=1S/C11H11NO2S/c1-7-3-5-9(6-4-7)12-10(13)8(2)15-11(12)14/h3-6,8H,1-2H3. The van der Waals surface area contributed by atoms with Crippen LogP contribution < -0.4 is 4.90 Å². The fraction of sp³-hybridized carbons (Fsp3) is 0.273. The molecule has 0 spiro atoms. The Labute approximate surface area is 92.5 Å². The zero-order chi connectivity index (χ0) is 11.0. The lowest BCUT2D eigenvalue weighted by molar-refractivity contribution is -0.116. The molecule has 1 saturated heterocycles. The number of amides is 2. The van der Waals surface area contributed by atoms with E-state index >= 15 is 0 Å². The molecule has 78 valence electrons. The number of hydrogen-bond donors (Lipinski definition) is 0. The van der Waals surface area contributed by atoms with Crippen molar-refractivity contribution in [2.24, 2.45) is 0 Å². The van der Waals surface area contributed by atoms with Crippen molar-refractivity contribution in [2.45, 2.75) is 19.1 Å². The van der Waals surface area contributed by atoms with E-state index in [-0.39, 0.29) is 16.4 Å². The van der Waals surface area contributed by atoms with Gasteiger partial charge in [-0.3, -0.25) is 9.59 Å². The Hall–Kier alpha value is -1.29. The molecular formula is C11H11NO2S. The van der Waals surface area contributed by atoms with Crippen LogP contribution in [0.15, 0.2) is 24.3 Å². The van der Waals surface area contributed by atoms with Crippen LogP contribution in [0.2, 0.25) is 0 Å². The first-order valence-corrected chi connectivity index (χ1v) is 5.59. The first kappa shape index (κ1) is 10.2. The molecule has 0 bridgehead atoms. The number of carbonyl (C=O) groups excluding carboxylic acids is 2. The van der Waals surface area contributed by atoms with E-state index in [0.717, 1.165) is 17.3 Å². The van der Waals surface area contributed by atoms with Gasteiger partial charge < -0.3 is 0 Å². The van der Waals surface area contributed by atoms with Crippen molar-refractivity contribution in [1.82, 2.24) is 0 Å². The van der Waals surface area contributed by atoms with Gasteiger partial charge in [0.1, 0.15) is 0 Å². The zero-order valence-electron chi connectivity index (χ0n) is 8.56. The van der Waals surface area contributed by atoms with Gasteiger partial charge in [-0.15, -0.1) is 0 Å². The number of rotatable bonds is 1. The maximum Gasteiger partial charge on any atom is 0.293 e. The van der Waals surface area contributed by atoms with E-state index in [9.17, 15) is 9.59 Å². The Morgan fingerprint density at radius 3 is 2.27 bits per heavy atom. The number of hydrogen-bond acceptors (Lipinski definition) is 3. The predicted octanol–water partition coefficient (Wildman–Crippen LogP) is 2.58. The summed E-state index contributed by atoms with van der Waals surface area (Å²) < 4.78 is 0. The van der Waals surface area contributed by atoms with Crippen molar-refractivity contribution >= 4 is 28.6 Å². The summed E-state index contributed by atoms with van der Waals surface area (Å²) in [5, 5.41) is -0.449. The topological polar surface area (TPSA) is 37.4 Å². The zero-order valence-corrected chi connectivity index (χ0v) is 9.38. The van der Waals surface area contributed by atoms with Crippen molar-refractivity contribution < 1.29 is 9.59 Å². The van der Waals surface area contributed by atoms with Crippen LogP contribution in [0.5, 0.6) is 0 Å². The lowest BCUT2D eigenvalue weighted by Gasteiger charge is -2.13. The molecule has 2 rings (SSSR count). The molecule has 1 unspecified atom stereocenters. The van der Waals surface area contributed by atoms with Crippen LogP contribution in [0.3, 0.4) is 0 Å². The van der Waals surface area contributed by atoms with Crippen molar-refractivity contribution in [1.29, 1.82) is 0 Å². The molecule has 1 atom stereocenters. The Bertz CT molecular complexity index is 413. The molecule has 0 aliphatic carbocycles. The van der Waals surface area contributed by atoms with Gasteiger partial charge in [-0.2, -0.15) is 0 Å². The summed E-state index contributed by atoms with van der Waals surface area (Å²) in [5.41, 5.74) is 1.77. The number of aryl methyl sites for hydroxylation is 1. The average molecular weight is 221 g/mol. The summed E-state index contributed by atoms with van der Waals surface area (Å²) in [4.78, 5) is 24.5. The van der Waals surface area contributed by atoms with E-state index in [1.165, 1.54) is 4.90 Å². The van der Waals surface area contributed by atoms with E-state index in [0.29, 0.717) is 5.69 Å². The molecule has 1 heterocycles. The molecule has 0 aromatic heterocycles. The second-order valence-electron chi connectivity index (χ2n) is 3.54. The van der Waals surface area contributed by atoms with Gasteiger partial charge in [-0.1, -0.05) is 29.5 Å². The molecule has 1 aromatic carbocycles. The number of imide groups is 1. The number of benzene rings is 1. The summed E-state index contributed by atoms with van der Waals surface area (Å²) in [5.74, 6) is -0.131. The molecule has 1 fully saturated rings. The average Bonchev–Trinajstić information content (AvgIpc) is 2.44. The molecular weight excluding hydrogens is 210 g/mol. The fourth-order valence-electron chi connectivity index (χ4n) is 1.45. The summed E-state index contributed by atoms with van der Waals surface area (Å²) >= 11 is 1.07. The highest BCUT2D eigenvalue weighted by atomic mass is 32.2. The fourth-order valence-corrected chi connectivity index (χ4v) is 2.26. The summed E-state index contributed by atoms with van der Waals surface area (Å²) in [6.07, 6.45) is 0. The van der Waals surface area contributed by atoms with Gasteiger partial charge in [0.15, 0.2) is 0 Å². The molecule has 0 N–H and O–H groups in total. The predicted molar refractivity (Wildman–Crippen MR) is 61.1 cm³/mol. The normalized spacial score (nSPS) is 21.2. The Morgan fingerprint density at radius 1 is 1.20 bits per heavy atom. The Kier molecular flexibility index (Phi) is 2.52. The van der Waals surface area contributed by atoms with E-state index < -0.39 is 0 Å². The number of thioether (sulfide) groups is 1. The molecule has 0 radical (unpaired) electrons. The maximum absolute atomic E-state index is 11.7. The smallest absolute Gasteiger partial charge is 0.273 e. The third-order valence-corrected chi connectivity index (χ3v) is 3.26. The minimum Gasteiger partial charge on any atom is -0.273 e. The molecule has 4 heteroatoms. The van der Waals surface area contributed by atoms with Crippen LogP contribution in [0.1, 0.15) is 12.5 Å². The Balaban J connectivity index is 2.35. The maximum atomic E-state index is 11.7. The molecule has 1 aliphatic rings. The van der Waals surface area contributed by atoms with Crippen LogP contribution in [0, 0.1) is 6.92 Å². The van der Waals surface area contributed by atoms with E-state index in [2.05, 4.69) is 0 Å². The lowest BCUT2D eigenvalue weighted by atomic mass is 10.2. The van der Waals surface area contributed by atoms with Gasteiger partial charge in [0, 0.05) is 0 Å². The SMILES string of the molecule is Cc1ccc(N2C(=O)SC(C)C2=O)cc1. The molecule has 1 aromatic rings. The highest BCUT2D eigenvalue weighted by Gasteiger charge is 2.37. The second-order valence-corrected chi connectivity index (χ2v) is 4.83. The molecule has 1 aliphatic heterocycles. The highest BCUT2D eigenvalue weighted by molar-refractivity contribution is 8.15. The van der Waals surface area contributed by atoms with Crippen molar-refractivity contribution in [3.63, 3.8) is 0 Å². The van der Waals surface area contributed by atoms with Crippen LogP contribution >= 0.6 is 11.8 Å². The summed E-state index contributed by atoms with van der Waals surface area (Å²) in [6.45, 7) is 3.72. The summed E-state index contributed by atoms with van der Waals surface area (Å²) in [7, 11) is 0. The minimum atomic E-state index is -0.265. The van der Waals surface area contributed by atoms with Crippen molar-refractivity contribution in [3.8, 4) is 0 Å². The van der Waals surface area contributed by atoms with Crippen LogP contribution in [0.25, 0.3) is 0 Å². The largest absolute Gasteiger partial charge is 0.293 e. The monoisotopic (exact) mass is 221 g/mol. The summed E-state index contributed by atoms with van der Waals surface area (Å²) in [6, 6.07) is 7.38. The van der Waals surface area contributed by atoms with Crippen molar-refractivity contribution in [3.05, 3.63) is 29.8 Å². The van der Waals surface area contributed by atoms with Gasteiger partial charge in [-0.05, 0) is 26.0 Å². The quantitative estimate of drug-likeness (QED) is 0.731. The van der Waals surface area contributed by atoms with Gasteiger partial charge in [-0.25, -0.2) is 4.90 Å². The van der Waals surface area contributed by atoms with Gasteiger partial charge in [0.2, 0.25) is 5.91 Å². The number of nitrogens with zero attached hydrogens (tertiary/aromatic N) is 1. The minimum absolute atomic E-state index is 0.131. The first-order valence-electron chi connectivity index (χ1n) is 4.71. The van der Waals surface area contributed by atoms with Crippen LogP contribution in [-0.4, -0.2) is 16.4 Å².